The maximum absolute atomic E-state index is 14.0. The number of rotatable bonds is 4. The zero-order chi connectivity index (χ0) is 28.7. The van der Waals surface area contributed by atoms with E-state index in [1.807, 2.05) is 46.2 Å². The average molecular weight is 570 g/mol. The first-order valence-corrected chi connectivity index (χ1v) is 15.2. The van der Waals surface area contributed by atoms with Gasteiger partial charge in [-0.05, 0) is 42.0 Å². The molecule has 3 aliphatic heterocycles. The van der Waals surface area contributed by atoms with Crippen LogP contribution in [0.15, 0.2) is 65.7 Å². The monoisotopic (exact) mass is 569 g/mol. The molecule has 2 amide bonds. The van der Waals surface area contributed by atoms with Crippen LogP contribution in [0.3, 0.4) is 0 Å². The Hall–Kier alpha value is -3.53. The fraction of sp³-hybridized carbons (Fsp3) is 0.485. The molecule has 9 nitrogen and oxygen atoms in total. The number of piperazine rings is 1. The molecule has 3 aromatic rings. The predicted octanol–water partition coefficient (Wildman–Crippen LogP) is 3.70. The van der Waals surface area contributed by atoms with Gasteiger partial charge < -0.3 is 25.0 Å². The molecule has 4 heterocycles. The molecule has 2 saturated heterocycles. The summed E-state index contributed by atoms with van der Waals surface area (Å²) in [7, 11) is 0. The van der Waals surface area contributed by atoms with Crippen LogP contribution in [0.25, 0.3) is 11.3 Å². The number of benzene rings is 2. The number of hydrogen-bond acceptors (Lipinski definition) is 6. The quantitative estimate of drug-likeness (QED) is 0.497. The van der Waals surface area contributed by atoms with Crippen LogP contribution in [-0.4, -0.2) is 68.8 Å². The van der Waals surface area contributed by atoms with E-state index in [1.165, 1.54) is 5.56 Å². The standard InChI is InChI=1S/C33H39N5O4/c39-30-17-28(25-8-9-26-19-42-20-27(26)16-25)35-23-37(30)22-33(41)12-14-36(21-32(33)10-4-5-11-32)31(40)38-15-13-34-18-29(38)24-6-2-1-3-7-24/h1-3,6-9,16-17,23,29,34,41H,4-5,10-15,18-22H2/t29-,33+/m0/s1. The number of nitrogens with zero attached hydrogens (tertiary/aromatic N) is 4. The molecule has 2 N–H and O–H groups in total. The number of hydrogen-bond donors (Lipinski definition) is 2. The van der Waals surface area contributed by atoms with Crippen molar-refractivity contribution in [1.82, 2.24) is 24.7 Å². The number of carbonyl (C=O) groups excluding carboxylic acids is 1. The van der Waals surface area contributed by atoms with Crippen molar-refractivity contribution in [1.29, 1.82) is 0 Å². The van der Waals surface area contributed by atoms with Gasteiger partial charge >= 0.3 is 6.03 Å². The molecule has 1 saturated carbocycles. The van der Waals surface area contributed by atoms with Crippen molar-refractivity contribution < 1.29 is 14.6 Å². The molecular formula is C33H39N5O4. The first-order valence-electron chi connectivity index (χ1n) is 15.2. The molecule has 4 aliphatic rings. The van der Waals surface area contributed by atoms with Crippen LogP contribution < -0.4 is 10.9 Å². The zero-order valence-corrected chi connectivity index (χ0v) is 24.0. The molecule has 0 radical (unpaired) electrons. The number of nitrogens with one attached hydrogen (secondary N) is 1. The van der Waals surface area contributed by atoms with Crippen molar-refractivity contribution >= 4 is 6.03 Å². The maximum atomic E-state index is 14.0. The smallest absolute Gasteiger partial charge is 0.320 e. The lowest BCUT2D eigenvalue weighted by Gasteiger charge is -2.53. The largest absolute Gasteiger partial charge is 0.387 e. The second kappa shape index (κ2) is 10.9. The van der Waals surface area contributed by atoms with Crippen LogP contribution in [-0.2, 0) is 24.5 Å². The lowest BCUT2D eigenvalue weighted by Crippen LogP contribution is -2.64. The normalized spacial score (nSPS) is 25.1. The van der Waals surface area contributed by atoms with E-state index in [4.69, 9.17) is 4.74 Å². The summed E-state index contributed by atoms with van der Waals surface area (Å²) in [6.07, 6.45) is 5.71. The minimum absolute atomic E-state index is 0.0193. The Labute approximate surface area is 246 Å². The van der Waals surface area contributed by atoms with Crippen molar-refractivity contribution in [3.05, 3.63) is 88.0 Å². The van der Waals surface area contributed by atoms with E-state index >= 15 is 0 Å². The van der Waals surface area contributed by atoms with Gasteiger partial charge in [0.1, 0.15) is 0 Å². The second-order valence-electron chi connectivity index (χ2n) is 12.5. The number of carbonyl (C=O) groups is 1. The highest BCUT2D eigenvalue weighted by atomic mass is 16.5. The van der Waals surface area contributed by atoms with E-state index in [0.29, 0.717) is 45.0 Å². The molecule has 1 aliphatic carbocycles. The number of piperidine rings is 1. The second-order valence-corrected chi connectivity index (χ2v) is 12.5. The molecule has 0 unspecified atom stereocenters. The molecule has 42 heavy (non-hydrogen) atoms. The highest BCUT2D eigenvalue weighted by molar-refractivity contribution is 5.75. The topological polar surface area (TPSA) is 99.9 Å². The minimum Gasteiger partial charge on any atom is -0.387 e. The SMILES string of the molecule is O=C(N1CC[C@@](O)(Cn2cnc(-c3ccc4c(c3)COC4)cc2=O)C2(CCCC2)C1)N1CCNC[C@H]1c1ccccc1. The fourth-order valence-corrected chi connectivity index (χ4v) is 7.67. The number of aliphatic hydroxyl groups is 1. The summed E-state index contributed by atoms with van der Waals surface area (Å²) in [6.45, 7) is 4.49. The Balaban J connectivity index is 1.11. The molecule has 7 rings (SSSR count). The van der Waals surface area contributed by atoms with Gasteiger partial charge in [-0.25, -0.2) is 9.78 Å². The maximum Gasteiger partial charge on any atom is 0.320 e. The van der Waals surface area contributed by atoms with Gasteiger partial charge in [-0.3, -0.25) is 9.36 Å². The lowest BCUT2D eigenvalue weighted by molar-refractivity contribution is -0.137. The van der Waals surface area contributed by atoms with Crippen LogP contribution in [0.1, 0.15) is 54.8 Å². The Kier molecular flexibility index (Phi) is 7.12. The summed E-state index contributed by atoms with van der Waals surface area (Å²) in [6, 6.07) is 17.9. The highest BCUT2D eigenvalue weighted by Gasteiger charge is 2.56. The van der Waals surface area contributed by atoms with Crippen molar-refractivity contribution in [2.24, 2.45) is 5.41 Å². The van der Waals surface area contributed by atoms with Gasteiger partial charge in [0.25, 0.3) is 5.56 Å². The number of urea groups is 1. The molecule has 2 aromatic carbocycles. The van der Waals surface area contributed by atoms with Gasteiger partial charge in [0.05, 0.1) is 43.4 Å². The lowest BCUT2D eigenvalue weighted by atomic mass is 9.66. The number of fused-ring (bicyclic) bond motifs is 1. The van der Waals surface area contributed by atoms with Crippen LogP contribution in [0.2, 0.25) is 0 Å². The van der Waals surface area contributed by atoms with E-state index in [2.05, 4.69) is 22.4 Å². The van der Waals surface area contributed by atoms with E-state index in [1.54, 1.807) is 17.0 Å². The third-order valence-corrected chi connectivity index (χ3v) is 10.1. The summed E-state index contributed by atoms with van der Waals surface area (Å²) >= 11 is 0. The van der Waals surface area contributed by atoms with Crippen molar-refractivity contribution in [3.63, 3.8) is 0 Å². The van der Waals surface area contributed by atoms with Crippen LogP contribution in [0, 0.1) is 5.41 Å². The Morgan fingerprint density at radius 3 is 2.64 bits per heavy atom. The summed E-state index contributed by atoms with van der Waals surface area (Å²) in [5, 5.41) is 15.7. The van der Waals surface area contributed by atoms with Gasteiger partial charge in [0.15, 0.2) is 0 Å². The molecule has 1 spiro atoms. The molecule has 1 aromatic heterocycles. The van der Waals surface area contributed by atoms with Gasteiger partial charge in [0, 0.05) is 49.8 Å². The van der Waals surface area contributed by atoms with Gasteiger partial charge in [-0.2, -0.15) is 0 Å². The predicted molar refractivity (Wildman–Crippen MR) is 159 cm³/mol. The first kappa shape index (κ1) is 27.3. The summed E-state index contributed by atoms with van der Waals surface area (Å²) in [4.78, 5) is 35.9. The Morgan fingerprint density at radius 1 is 1.02 bits per heavy atom. The van der Waals surface area contributed by atoms with Crippen LogP contribution in [0.5, 0.6) is 0 Å². The number of amides is 2. The van der Waals surface area contributed by atoms with E-state index < -0.39 is 11.0 Å². The van der Waals surface area contributed by atoms with E-state index in [9.17, 15) is 14.7 Å². The van der Waals surface area contributed by atoms with Crippen LogP contribution in [0.4, 0.5) is 4.79 Å². The summed E-state index contributed by atoms with van der Waals surface area (Å²) in [5.41, 5.74) is 3.23. The van der Waals surface area contributed by atoms with E-state index in [0.717, 1.165) is 55.5 Å². The highest BCUT2D eigenvalue weighted by Crippen LogP contribution is 2.51. The number of aromatic nitrogens is 2. The molecule has 0 bridgehead atoms. The number of ether oxygens (including phenoxy) is 1. The van der Waals surface area contributed by atoms with E-state index in [-0.39, 0.29) is 24.2 Å². The Morgan fingerprint density at radius 2 is 1.83 bits per heavy atom. The van der Waals surface area contributed by atoms with Gasteiger partial charge in [-0.1, -0.05) is 55.3 Å². The van der Waals surface area contributed by atoms with Crippen molar-refractivity contribution in [2.45, 2.75) is 63.5 Å². The number of likely N-dealkylation sites (tertiary alicyclic amines) is 1. The summed E-state index contributed by atoms with van der Waals surface area (Å²) < 4.78 is 7.08. The minimum atomic E-state index is -1.10. The molecule has 2 atom stereocenters. The molecular weight excluding hydrogens is 530 g/mol. The molecule has 9 heteroatoms. The van der Waals surface area contributed by atoms with Crippen LogP contribution >= 0.6 is 0 Å². The first-order chi connectivity index (χ1) is 20.4. The Bertz CT molecular complexity index is 1520. The third kappa shape index (κ3) is 4.83. The van der Waals surface area contributed by atoms with Crippen molar-refractivity contribution in [3.8, 4) is 11.3 Å². The third-order valence-electron chi connectivity index (χ3n) is 10.1. The molecule has 220 valence electrons. The van der Waals surface area contributed by atoms with Gasteiger partial charge in [-0.15, -0.1) is 0 Å². The molecule has 3 fully saturated rings. The fourth-order valence-electron chi connectivity index (χ4n) is 7.67. The van der Waals surface area contributed by atoms with Gasteiger partial charge in [0.2, 0.25) is 0 Å². The van der Waals surface area contributed by atoms with Crippen molar-refractivity contribution in [2.75, 3.05) is 32.7 Å². The zero-order valence-electron chi connectivity index (χ0n) is 24.0. The summed E-state index contributed by atoms with van der Waals surface area (Å²) in [5.74, 6) is 0. The average Bonchev–Trinajstić information content (AvgIpc) is 3.70.